The van der Waals surface area contributed by atoms with Crippen LogP contribution in [0, 0.1) is 10.1 Å². The molecule has 0 aliphatic rings. The highest BCUT2D eigenvalue weighted by atomic mass is 16.6. The average molecular weight is 257 g/mol. The molecule has 7 heteroatoms. The molecule has 0 N–H and O–H groups in total. The van der Waals surface area contributed by atoms with Crippen LogP contribution in [0.2, 0.25) is 0 Å². The lowest BCUT2D eigenvalue weighted by molar-refractivity contribution is -0.389. The summed E-state index contributed by atoms with van der Waals surface area (Å²) < 4.78 is 3.37. The largest absolute Gasteiger partial charge is 0.390 e. The summed E-state index contributed by atoms with van der Waals surface area (Å²) in [4.78, 5) is 14.7. The van der Waals surface area contributed by atoms with Gasteiger partial charge in [-0.25, -0.2) is 4.98 Å². The van der Waals surface area contributed by atoms with Crippen LogP contribution in [0.15, 0.2) is 30.3 Å². The van der Waals surface area contributed by atoms with E-state index in [1.54, 1.807) is 7.05 Å². The quantitative estimate of drug-likeness (QED) is 0.518. The number of hydrogen-bond acceptors (Lipinski definition) is 4. The van der Waals surface area contributed by atoms with Gasteiger partial charge in [-0.05, 0) is 17.1 Å². The lowest BCUT2D eigenvalue weighted by Gasteiger charge is -1.99. The van der Waals surface area contributed by atoms with Crippen molar-refractivity contribution in [1.82, 2.24) is 19.3 Å². The van der Waals surface area contributed by atoms with Crippen LogP contribution >= 0.6 is 0 Å². The molecule has 2 aromatic heterocycles. The van der Waals surface area contributed by atoms with Gasteiger partial charge in [0.1, 0.15) is 5.69 Å². The molecule has 1 aromatic carbocycles. The van der Waals surface area contributed by atoms with Gasteiger partial charge in [0.25, 0.3) is 0 Å². The summed E-state index contributed by atoms with van der Waals surface area (Å²) in [7, 11) is 3.55. The minimum absolute atomic E-state index is 0.176. The second-order valence-corrected chi connectivity index (χ2v) is 4.25. The first-order valence-corrected chi connectivity index (χ1v) is 5.68. The van der Waals surface area contributed by atoms with Gasteiger partial charge >= 0.3 is 5.82 Å². The standard InChI is InChI=1S/C12H11N5O2/c1-15-9-6-4-3-5-8(9)13-12(15)10-7-11(17(18)19)14-16(10)2/h3-7H,1-2H3. The lowest BCUT2D eigenvalue weighted by Crippen LogP contribution is -1.99. The first kappa shape index (κ1) is 11.4. The summed E-state index contributed by atoms with van der Waals surface area (Å²) in [6, 6.07) is 9.13. The highest BCUT2D eigenvalue weighted by Gasteiger charge is 2.20. The zero-order chi connectivity index (χ0) is 13.6. The zero-order valence-corrected chi connectivity index (χ0v) is 10.4. The van der Waals surface area contributed by atoms with Crippen molar-refractivity contribution in [3.8, 4) is 11.5 Å². The number of nitro groups is 1. The number of rotatable bonds is 2. The smallest absolute Gasteiger partial charge is 0.358 e. The Morgan fingerprint density at radius 3 is 2.63 bits per heavy atom. The number of aromatic nitrogens is 4. The summed E-state index contributed by atoms with van der Waals surface area (Å²) in [6.07, 6.45) is 0. The number of para-hydroxylation sites is 2. The van der Waals surface area contributed by atoms with Gasteiger partial charge in [0.05, 0.1) is 29.2 Å². The molecule has 3 aromatic rings. The van der Waals surface area contributed by atoms with Gasteiger partial charge in [0, 0.05) is 7.05 Å². The molecule has 2 heterocycles. The van der Waals surface area contributed by atoms with Crippen LogP contribution in [0.1, 0.15) is 0 Å². The number of hydrogen-bond donors (Lipinski definition) is 0. The van der Waals surface area contributed by atoms with Crippen LogP contribution in [0.5, 0.6) is 0 Å². The van der Waals surface area contributed by atoms with Gasteiger partial charge < -0.3 is 14.7 Å². The number of benzene rings is 1. The molecule has 0 radical (unpaired) electrons. The molecule has 0 aliphatic carbocycles. The Morgan fingerprint density at radius 2 is 2.00 bits per heavy atom. The third kappa shape index (κ3) is 1.67. The Balaban J connectivity index is 2.24. The van der Waals surface area contributed by atoms with Gasteiger partial charge in [0.15, 0.2) is 5.82 Å². The van der Waals surface area contributed by atoms with E-state index in [0.717, 1.165) is 11.0 Å². The van der Waals surface area contributed by atoms with Gasteiger partial charge in [-0.3, -0.25) is 0 Å². The normalized spacial score (nSPS) is 11.1. The first-order chi connectivity index (χ1) is 9.08. The molecule has 0 saturated heterocycles. The Hall–Kier alpha value is -2.70. The molecule has 0 amide bonds. The van der Waals surface area contributed by atoms with Gasteiger partial charge in [-0.1, -0.05) is 12.1 Å². The van der Waals surface area contributed by atoms with E-state index in [2.05, 4.69) is 10.1 Å². The summed E-state index contributed by atoms with van der Waals surface area (Å²) >= 11 is 0. The van der Waals surface area contributed by atoms with Gasteiger partial charge in [-0.15, -0.1) is 0 Å². The van der Waals surface area contributed by atoms with E-state index in [4.69, 9.17) is 0 Å². The van der Waals surface area contributed by atoms with Crippen LogP contribution < -0.4 is 0 Å². The maximum Gasteiger partial charge on any atom is 0.390 e. The molecule has 96 valence electrons. The predicted molar refractivity (Wildman–Crippen MR) is 69.6 cm³/mol. The molecule has 0 fully saturated rings. The summed E-state index contributed by atoms with van der Waals surface area (Å²) in [5.74, 6) is 0.480. The lowest BCUT2D eigenvalue weighted by atomic mass is 10.3. The summed E-state index contributed by atoms with van der Waals surface area (Å²) in [5, 5.41) is 14.6. The van der Waals surface area contributed by atoms with Crippen molar-refractivity contribution in [2.24, 2.45) is 14.1 Å². The molecule has 19 heavy (non-hydrogen) atoms. The number of fused-ring (bicyclic) bond motifs is 1. The maximum atomic E-state index is 10.8. The van der Waals surface area contributed by atoms with E-state index < -0.39 is 4.92 Å². The van der Waals surface area contributed by atoms with Gasteiger partial charge in [0.2, 0.25) is 0 Å². The number of nitrogens with zero attached hydrogens (tertiary/aromatic N) is 5. The van der Waals surface area contributed by atoms with Crippen LogP contribution in [0.25, 0.3) is 22.6 Å². The van der Waals surface area contributed by atoms with E-state index in [1.807, 2.05) is 35.9 Å². The van der Waals surface area contributed by atoms with E-state index in [-0.39, 0.29) is 5.82 Å². The van der Waals surface area contributed by atoms with Crippen LogP contribution in [0.3, 0.4) is 0 Å². The minimum atomic E-state index is -0.508. The van der Waals surface area contributed by atoms with Crippen molar-refractivity contribution in [2.45, 2.75) is 0 Å². The molecule has 0 aliphatic heterocycles. The molecular weight excluding hydrogens is 246 g/mol. The first-order valence-electron chi connectivity index (χ1n) is 5.68. The number of imidazole rings is 1. The van der Waals surface area contributed by atoms with E-state index in [0.29, 0.717) is 11.5 Å². The highest BCUT2D eigenvalue weighted by molar-refractivity contribution is 5.80. The fraction of sp³-hybridized carbons (Fsp3) is 0.167. The number of aryl methyl sites for hydroxylation is 2. The van der Waals surface area contributed by atoms with Crippen LogP contribution in [-0.2, 0) is 14.1 Å². The Labute approximate surface area is 108 Å². The van der Waals surface area contributed by atoms with Crippen molar-refractivity contribution in [3.63, 3.8) is 0 Å². The maximum absolute atomic E-state index is 10.8. The van der Waals surface area contributed by atoms with Crippen molar-refractivity contribution in [1.29, 1.82) is 0 Å². The fourth-order valence-electron chi connectivity index (χ4n) is 2.13. The second-order valence-electron chi connectivity index (χ2n) is 4.25. The molecule has 7 nitrogen and oxygen atoms in total. The van der Waals surface area contributed by atoms with Crippen LogP contribution in [0.4, 0.5) is 5.82 Å². The zero-order valence-electron chi connectivity index (χ0n) is 10.4. The Morgan fingerprint density at radius 1 is 1.26 bits per heavy atom. The monoisotopic (exact) mass is 257 g/mol. The molecule has 0 unspecified atom stereocenters. The molecule has 0 bridgehead atoms. The van der Waals surface area contributed by atoms with Crippen LogP contribution in [-0.4, -0.2) is 24.3 Å². The molecule has 0 atom stereocenters. The van der Waals surface area contributed by atoms with Crippen molar-refractivity contribution in [2.75, 3.05) is 0 Å². The molecule has 0 saturated carbocycles. The van der Waals surface area contributed by atoms with Crippen molar-refractivity contribution >= 4 is 16.9 Å². The Bertz CT molecular complexity index is 787. The Kier molecular flexibility index (Phi) is 2.34. The van der Waals surface area contributed by atoms with E-state index >= 15 is 0 Å². The van der Waals surface area contributed by atoms with E-state index in [1.165, 1.54) is 10.7 Å². The summed E-state index contributed by atoms with van der Waals surface area (Å²) in [6.45, 7) is 0. The second kappa shape index (κ2) is 3.91. The molecule has 0 spiro atoms. The SMILES string of the molecule is Cn1nc([N+](=O)[O-])cc1-c1nc2ccccc2n1C. The third-order valence-corrected chi connectivity index (χ3v) is 3.07. The highest BCUT2D eigenvalue weighted by Crippen LogP contribution is 2.25. The molecule has 3 rings (SSSR count). The minimum Gasteiger partial charge on any atom is -0.358 e. The topological polar surface area (TPSA) is 78.8 Å². The predicted octanol–water partition coefficient (Wildman–Crippen LogP) is 1.88. The van der Waals surface area contributed by atoms with Gasteiger partial charge in [-0.2, -0.15) is 4.68 Å². The third-order valence-electron chi connectivity index (χ3n) is 3.07. The fourth-order valence-corrected chi connectivity index (χ4v) is 2.13. The van der Waals surface area contributed by atoms with Crippen molar-refractivity contribution < 1.29 is 4.92 Å². The molecular formula is C12H11N5O2. The van der Waals surface area contributed by atoms with Crippen molar-refractivity contribution in [3.05, 3.63) is 40.4 Å². The van der Waals surface area contributed by atoms with E-state index in [9.17, 15) is 10.1 Å². The summed E-state index contributed by atoms with van der Waals surface area (Å²) in [5.41, 5.74) is 2.44. The average Bonchev–Trinajstić information content (AvgIpc) is 2.91.